The van der Waals surface area contributed by atoms with Crippen LogP contribution in [0.4, 0.5) is 11.5 Å². The van der Waals surface area contributed by atoms with Crippen molar-refractivity contribution in [2.75, 3.05) is 49.5 Å². The van der Waals surface area contributed by atoms with E-state index in [1.165, 1.54) is 16.5 Å². The zero-order valence-corrected chi connectivity index (χ0v) is 20.3. The van der Waals surface area contributed by atoms with E-state index in [1.54, 1.807) is 0 Å². The van der Waals surface area contributed by atoms with Crippen molar-refractivity contribution < 1.29 is 9.53 Å². The fourth-order valence-electron chi connectivity index (χ4n) is 4.66. The molecule has 0 spiro atoms. The predicted octanol–water partition coefficient (Wildman–Crippen LogP) is 4.86. The summed E-state index contributed by atoms with van der Waals surface area (Å²) in [6, 6.07) is 17.2. The van der Waals surface area contributed by atoms with Crippen molar-refractivity contribution >= 4 is 44.1 Å². The van der Waals surface area contributed by atoms with E-state index in [4.69, 9.17) is 4.74 Å². The van der Waals surface area contributed by atoms with Crippen molar-refractivity contribution in [1.82, 2.24) is 9.88 Å². The zero-order valence-electron chi connectivity index (χ0n) is 18.7. The number of aryl methyl sites for hydroxylation is 1. The summed E-state index contributed by atoms with van der Waals surface area (Å²) >= 11 is 3.55. The Morgan fingerprint density at radius 3 is 2.70 bits per heavy atom. The van der Waals surface area contributed by atoms with E-state index in [2.05, 4.69) is 78.5 Å². The number of ether oxygens (including phenoxy) is 1. The van der Waals surface area contributed by atoms with E-state index in [0.717, 1.165) is 62.0 Å². The molecule has 3 heterocycles. The summed E-state index contributed by atoms with van der Waals surface area (Å²) in [6.45, 7) is 5.99. The topological polar surface area (TPSA) is 57.7 Å². The summed E-state index contributed by atoms with van der Waals surface area (Å²) in [5.41, 5.74) is 2.40. The molecule has 1 aromatic heterocycles. The molecule has 2 aliphatic rings. The summed E-state index contributed by atoms with van der Waals surface area (Å²) in [6.07, 6.45) is 3.30. The average molecular weight is 509 g/mol. The van der Waals surface area contributed by atoms with Gasteiger partial charge in [-0.3, -0.25) is 9.69 Å². The molecule has 7 heteroatoms. The minimum atomic E-state index is 0.0174. The number of benzene rings is 2. The van der Waals surface area contributed by atoms with Gasteiger partial charge < -0.3 is 15.0 Å². The minimum absolute atomic E-state index is 0.0174. The highest BCUT2D eigenvalue weighted by Gasteiger charge is 2.20. The lowest BCUT2D eigenvalue weighted by atomic mass is 10.1. The molecular weight excluding hydrogens is 480 g/mol. The Bertz CT molecular complexity index is 1140. The quantitative estimate of drug-likeness (QED) is 0.461. The van der Waals surface area contributed by atoms with Gasteiger partial charge in [0.2, 0.25) is 11.8 Å². The van der Waals surface area contributed by atoms with E-state index in [9.17, 15) is 4.79 Å². The zero-order chi connectivity index (χ0) is 22.6. The highest BCUT2D eigenvalue weighted by atomic mass is 79.9. The number of hydrogen-bond donors (Lipinski definition) is 1. The summed E-state index contributed by atoms with van der Waals surface area (Å²) < 4.78 is 6.76. The number of piperazine rings is 1. The van der Waals surface area contributed by atoms with Gasteiger partial charge in [-0.25, -0.2) is 0 Å². The third kappa shape index (κ3) is 5.14. The summed E-state index contributed by atoms with van der Waals surface area (Å²) in [4.78, 5) is 21.2. The van der Waals surface area contributed by atoms with Gasteiger partial charge in [0.05, 0.1) is 11.1 Å². The number of unbranched alkanes of at least 4 members (excludes halogenated alkanes) is 1. The number of carbonyl (C=O) groups is 1. The van der Waals surface area contributed by atoms with Gasteiger partial charge >= 0.3 is 0 Å². The van der Waals surface area contributed by atoms with Crippen LogP contribution in [0.25, 0.3) is 10.8 Å². The molecule has 33 heavy (non-hydrogen) atoms. The molecule has 1 N–H and O–H groups in total. The molecule has 172 valence electrons. The molecule has 1 saturated heterocycles. The van der Waals surface area contributed by atoms with Gasteiger partial charge in [-0.1, -0.05) is 36.4 Å². The highest BCUT2D eigenvalue weighted by Crippen LogP contribution is 2.31. The molecular formula is C26H29BrN4O2. The van der Waals surface area contributed by atoms with Crippen LogP contribution in [0.15, 0.2) is 53.0 Å². The van der Waals surface area contributed by atoms with Crippen molar-refractivity contribution in [2.45, 2.75) is 25.7 Å². The normalized spacial score (nSPS) is 16.5. The molecule has 0 unspecified atom stereocenters. The second-order valence-electron chi connectivity index (χ2n) is 8.71. The number of anilines is 2. The van der Waals surface area contributed by atoms with Crippen molar-refractivity contribution in [1.29, 1.82) is 0 Å². The second kappa shape index (κ2) is 10.1. The second-order valence-corrected chi connectivity index (χ2v) is 9.57. The van der Waals surface area contributed by atoms with E-state index in [1.807, 2.05) is 6.07 Å². The maximum atomic E-state index is 11.6. The van der Waals surface area contributed by atoms with E-state index in [0.29, 0.717) is 24.7 Å². The van der Waals surface area contributed by atoms with Crippen LogP contribution in [0.3, 0.4) is 0 Å². The van der Waals surface area contributed by atoms with Gasteiger partial charge in [-0.2, -0.15) is 4.98 Å². The molecule has 0 radical (unpaired) electrons. The summed E-state index contributed by atoms with van der Waals surface area (Å²) in [7, 11) is 0. The number of hydrogen-bond acceptors (Lipinski definition) is 5. The number of amides is 1. The first kappa shape index (κ1) is 22.2. The lowest BCUT2D eigenvalue weighted by Crippen LogP contribution is -2.46. The lowest BCUT2D eigenvalue weighted by molar-refractivity contribution is -0.116. The van der Waals surface area contributed by atoms with Crippen molar-refractivity contribution in [3.05, 3.63) is 58.6 Å². The van der Waals surface area contributed by atoms with Gasteiger partial charge in [0.25, 0.3) is 0 Å². The minimum Gasteiger partial charge on any atom is -0.477 e. The molecule has 1 amide bonds. The molecule has 2 aromatic carbocycles. The van der Waals surface area contributed by atoms with Crippen LogP contribution in [0, 0.1) is 0 Å². The number of fused-ring (bicyclic) bond motifs is 2. The van der Waals surface area contributed by atoms with Crippen LogP contribution in [-0.2, 0) is 11.2 Å². The first-order chi connectivity index (χ1) is 16.2. The van der Waals surface area contributed by atoms with Crippen LogP contribution in [0.1, 0.15) is 24.8 Å². The number of halogens is 1. The molecule has 1 fully saturated rings. The maximum Gasteiger partial charge on any atom is 0.229 e. The lowest BCUT2D eigenvalue weighted by Gasteiger charge is -2.36. The molecule has 3 aromatic rings. The van der Waals surface area contributed by atoms with Gasteiger partial charge in [-0.05, 0) is 64.8 Å². The molecule has 0 saturated carbocycles. The summed E-state index contributed by atoms with van der Waals surface area (Å²) in [5, 5.41) is 5.48. The molecule has 6 nitrogen and oxygen atoms in total. The van der Waals surface area contributed by atoms with Crippen LogP contribution in [0.2, 0.25) is 0 Å². The van der Waals surface area contributed by atoms with E-state index < -0.39 is 0 Å². The number of carbonyl (C=O) groups excluding carboxylic acids is 1. The van der Waals surface area contributed by atoms with E-state index in [-0.39, 0.29) is 5.91 Å². The van der Waals surface area contributed by atoms with Crippen molar-refractivity contribution in [2.24, 2.45) is 0 Å². The highest BCUT2D eigenvalue weighted by molar-refractivity contribution is 9.10. The largest absolute Gasteiger partial charge is 0.477 e. The van der Waals surface area contributed by atoms with Gasteiger partial charge in [0, 0.05) is 43.7 Å². The fraction of sp³-hybridized carbons (Fsp3) is 0.385. The number of aromatic nitrogens is 1. The number of pyridine rings is 1. The monoisotopic (exact) mass is 508 g/mol. The number of nitrogens with one attached hydrogen (secondary N) is 1. The Balaban J connectivity index is 1.06. The third-order valence-corrected chi connectivity index (χ3v) is 7.06. The molecule has 0 bridgehead atoms. The average Bonchev–Trinajstić information content (AvgIpc) is 2.84. The maximum absolute atomic E-state index is 11.6. The van der Waals surface area contributed by atoms with Crippen molar-refractivity contribution in [3.63, 3.8) is 0 Å². The molecule has 0 atom stereocenters. The first-order valence-corrected chi connectivity index (χ1v) is 12.5. The number of nitrogens with zero attached hydrogens (tertiary/aromatic N) is 3. The Kier molecular flexibility index (Phi) is 6.78. The van der Waals surface area contributed by atoms with E-state index >= 15 is 0 Å². The number of rotatable bonds is 7. The first-order valence-electron chi connectivity index (χ1n) is 11.7. The van der Waals surface area contributed by atoms with Crippen LogP contribution < -0.4 is 15.0 Å². The SMILES string of the molecule is O=C1CCc2cc(Br)c(OCCCCN3CCN(c4cccc5ccccc45)CC3)nc2N1. The Labute approximate surface area is 203 Å². The fourth-order valence-corrected chi connectivity index (χ4v) is 5.13. The van der Waals surface area contributed by atoms with Gasteiger partial charge in [0.1, 0.15) is 5.82 Å². The van der Waals surface area contributed by atoms with Crippen LogP contribution >= 0.6 is 15.9 Å². The van der Waals surface area contributed by atoms with Crippen molar-refractivity contribution in [3.8, 4) is 5.88 Å². The van der Waals surface area contributed by atoms with Gasteiger partial charge in [-0.15, -0.1) is 0 Å². The predicted molar refractivity (Wildman–Crippen MR) is 136 cm³/mol. The molecule has 5 rings (SSSR count). The summed E-state index contributed by atoms with van der Waals surface area (Å²) in [5.74, 6) is 1.21. The smallest absolute Gasteiger partial charge is 0.229 e. The van der Waals surface area contributed by atoms with Crippen LogP contribution in [-0.4, -0.2) is 55.1 Å². The third-order valence-electron chi connectivity index (χ3n) is 6.49. The molecule has 0 aliphatic carbocycles. The Hall–Kier alpha value is -2.64. The Morgan fingerprint density at radius 2 is 1.82 bits per heavy atom. The van der Waals surface area contributed by atoms with Gasteiger partial charge in [0.15, 0.2) is 0 Å². The molecule has 2 aliphatic heterocycles. The Morgan fingerprint density at radius 1 is 1.00 bits per heavy atom. The standard InChI is InChI=1S/C26H29BrN4O2/c27-22-18-20-10-11-24(32)28-25(20)29-26(22)33-17-4-3-12-30-13-15-31(16-14-30)23-9-5-7-19-6-1-2-8-21(19)23/h1-2,5-9,18H,3-4,10-17H2,(H,28,29,32). The van der Waals surface area contributed by atoms with Crippen LogP contribution in [0.5, 0.6) is 5.88 Å².